The summed E-state index contributed by atoms with van der Waals surface area (Å²) >= 11 is 0. The summed E-state index contributed by atoms with van der Waals surface area (Å²) in [6.45, 7) is 8.20. The predicted octanol–water partition coefficient (Wildman–Crippen LogP) is 3.89. The topological polar surface area (TPSA) is 35.5 Å². The van der Waals surface area contributed by atoms with Crippen LogP contribution in [-0.2, 0) is 6.42 Å². The van der Waals surface area contributed by atoms with E-state index in [2.05, 4.69) is 20.8 Å². The fraction of sp³-hybridized carbons (Fsp3) is 0.562. The predicted molar refractivity (Wildman–Crippen MR) is 77.3 cm³/mol. The maximum Gasteiger partial charge on any atom is 0.167 e. The van der Waals surface area contributed by atoms with E-state index in [1.165, 1.54) is 0 Å². The first-order valence-corrected chi connectivity index (χ1v) is 6.60. The molecule has 0 unspecified atom stereocenters. The molecule has 0 heterocycles. The highest BCUT2D eigenvalue weighted by Gasteiger charge is 2.21. The molecule has 1 aromatic carbocycles. The van der Waals surface area contributed by atoms with E-state index in [4.69, 9.17) is 9.47 Å². The van der Waals surface area contributed by atoms with E-state index in [9.17, 15) is 4.79 Å². The van der Waals surface area contributed by atoms with Crippen LogP contribution in [0.2, 0.25) is 0 Å². The molecule has 0 fully saturated rings. The third kappa shape index (κ3) is 3.98. The largest absolute Gasteiger partial charge is 0.496 e. The second-order valence-corrected chi connectivity index (χ2v) is 5.88. The number of hydrogen-bond donors (Lipinski definition) is 0. The minimum atomic E-state index is -0.0429. The minimum absolute atomic E-state index is 0.0429. The van der Waals surface area contributed by atoms with Gasteiger partial charge in [-0.15, -0.1) is 0 Å². The van der Waals surface area contributed by atoms with Crippen molar-refractivity contribution in [2.24, 2.45) is 5.41 Å². The summed E-state index contributed by atoms with van der Waals surface area (Å²) in [7, 11) is 3.22. The average Bonchev–Trinajstić information content (AvgIpc) is 2.34. The van der Waals surface area contributed by atoms with E-state index >= 15 is 0 Å². The molecule has 1 rings (SSSR count). The molecule has 0 amide bonds. The quantitative estimate of drug-likeness (QED) is 0.757. The molecule has 3 heteroatoms. The molecule has 1 aromatic rings. The Balaban J connectivity index is 3.22. The van der Waals surface area contributed by atoms with Crippen molar-refractivity contribution < 1.29 is 14.3 Å². The molecular weight excluding hydrogens is 240 g/mol. The van der Waals surface area contributed by atoms with E-state index in [-0.39, 0.29) is 11.2 Å². The Morgan fingerprint density at radius 2 is 1.68 bits per heavy atom. The third-order valence-electron chi connectivity index (χ3n) is 2.97. The number of hydrogen-bond acceptors (Lipinski definition) is 3. The first-order chi connectivity index (χ1) is 8.82. The molecule has 106 valence electrons. The highest BCUT2D eigenvalue weighted by atomic mass is 16.5. The number of carbonyl (C=O) groups is 1. The summed E-state index contributed by atoms with van der Waals surface area (Å²) in [5.41, 5.74) is 1.61. The zero-order chi connectivity index (χ0) is 14.6. The van der Waals surface area contributed by atoms with Gasteiger partial charge in [0.15, 0.2) is 5.78 Å². The highest BCUT2D eigenvalue weighted by molar-refractivity contribution is 5.99. The van der Waals surface area contributed by atoms with Crippen molar-refractivity contribution in [3.05, 3.63) is 23.3 Å². The van der Waals surface area contributed by atoms with Crippen molar-refractivity contribution >= 4 is 5.78 Å². The Bertz CT molecular complexity index is 456. The molecule has 0 saturated carbocycles. The van der Waals surface area contributed by atoms with Crippen LogP contribution in [0.5, 0.6) is 11.5 Å². The molecule has 0 aromatic heterocycles. The van der Waals surface area contributed by atoms with Gasteiger partial charge in [-0.3, -0.25) is 4.79 Å². The molecule has 19 heavy (non-hydrogen) atoms. The Morgan fingerprint density at radius 3 is 2.11 bits per heavy atom. The van der Waals surface area contributed by atoms with E-state index < -0.39 is 0 Å². The maximum atomic E-state index is 12.4. The van der Waals surface area contributed by atoms with Gasteiger partial charge in [0.1, 0.15) is 11.5 Å². The summed E-state index contributed by atoms with van der Waals surface area (Å²) in [4.78, 5) is 12.4. The van der Waals surface area contributed by atoms with Crippen LogP contribution in [0, 0.1) is 5.41 Å². The van der Waals surface area contributed by atoms with Crippen molar-refractivity contribution in [1.29, 1.82) is 0 Å². The second-order valence-electron chi connectivity index (χ2n) is 5.88. The Morgan fingerprint density at radius 1 is 1.11 bits per heavy atom. The van der Waals surface area contributed by atoms with Crippen LogP contribution >= 0.6 is 0 Å². The minimum Gasteiger partial charge on any atom is -0.496 e. The van der Waals surface area contributed by atoms with Gasteiger partial charge in [-0.2, -0.15) is 0 Å². The van der Waals surface area contributed by atoms with Gasteiger partial charge >= 0.3 is 0 Å². The maximum absolute atomic E-state index is 12.4. The van der Waals surface area contributed by atoms with Crippen LogP contribution < -0.4 is 9.47 Å². The zero-order valence-corrected chi connectivity index (χ0v) is 12.8. The Hall–Kier alpha value is -1.51. The molecule has 0 aliphatic heterocycles. The SMILES string of the molecule is CCc1cc(OC)c(C(=O)CC(C)(C)C)cc1OC. The molecule has 0 bridgehead atoms. The summed E-state index contributed by atoms with van der Waals surface area (Å²) in [6, 6.07) is 3.69. The molecular formula is C16H24O3. The summed E-state index contributed by atoms with van der Waals surface area (Å²) in [6.07, 6.45) is 1.32. The van der Waals surface area contributed by atoms with Crippen molar-refractivity contribution in [2.45, 2.75) is 40.5 Å². The van der Waals surface area contributed by atoms with Gasteiger partial charge in [0.05, 0.1) is 19.8 Å². The normalized spacial score (nSPS) is 11.3. The molecule has 3 nitrogen and oxygen atoms in total. The van der Waals surface area contributed by atoms with Crippen molar-refractivity contribution in [3.63, 3.8) is 0 Å². The van der Waals surface area contributed by atoms with Crippen LogP contribution in [-0.4, -0.2) is 20.0 Å². The Labute approximate surface area is 115 Å². The number of carbonyl (C=O) groups excluding carboxylic acids is 1. The number of rotatable bonds is 5. The molecule has 0 aliphatic rings. The summed E-state index contributed by atoms with van der Waals surface area (Å²) in [5.74, 6) is 1.47. The summed E-state index contributed by atoms with van der Waals surface area (Å²) in [5, 5.41) is 0. The van der Waals surface area contributed by atoms with Crippen molar-refractivity contribution in [1.82, 2.24) is 0 Å². The van der Waals surface area contributed by atoms with E-state index in [1.807, 2.05) is 13.0 Å². The molecule has 0 atom stereocenters. The number of ketones is 1. The number of methoxy groups -OCH3 is 2. The van der Waals surface area contributed by atoms with E-state index in [0.717, 1.165) is 17.7 Å². The lowest BCUT2D eigenvalue weighted by Gasteiger charge is -2.19. The number of Topliss-reactive ketones (excluding diaryl/α,β-unsaturated/α-hetero) is 1. The van der Waals surface area contributed by atoms with E-state index in [0.29, 0.717) is 17.7 Å². The molecule has 0 aliphatic carbocycles. The first-order valence-electron chi connectivity index (χ1n) is 6.60. The number of aryl methyl sites for hydroxylation is 1. The van der Waals surface area contributed by atoms with Gasteiger partial charge in [0.25, 0.3) is 0 Å². The van der Waals surface area contributed by atoms with Gasteiger partial charge in [-0.1, -0.05) is 27.7 Å². The lowest BCUT2D eigenvalue weighted by Crippen LogP contribution is -2.14. The van der Waals surface area contributed by atoms with Crippen LogP contribution in [0.3, 0.4) is 0 Å². The first kappa shape index (κ1) is 15.5. The number of ether oxygens (including phenoxy) is 2. The van der Waals surface area contributed by atoms with Gasteiger partial charge in [0.2, 0.25) is 0 Å². The van der Waals surface area contributed by atoms with Crippen LogP contribution in [0.25, 0.3) is 0 Å². The summed E-state index contributed by atoms with van der Waals surface area (Å²) < 4.78 is 10.7. The highest BCUT2D eigenvalue weighted by Crippen LogP contribution is 2.32. The monoisotopic (exact) mass is 264 g/mol. The fourth-order valence-electron chi connectivity index (χ4n) is 2.03. The lowest BCUT2D eigenvalue weighted by molar-refractivity contribution is 0.0936. The van der Waals surface area contributed by atoms with Crippen molar-refractivity contribution in [2.75, 3.05) is 14.2 Å². The lowest BCUT2D eigenvalue weighted by atomic mass is 9.87. The fourth-order valence-corrected chi connectivity index (χ4v) is 2.03. The second kappa shape index (κ2) is 6.09. The molecule has 0 N–H and O–H groups in total. The van der Waals surface area contributed by atoms with Crippen LogP contribution in [0.1, 0.15) is 50.0 Å². The van der Waals surface area contributed by atoms with E-state index in [1.54, 1.807) is 20.3 Å². The van der Waals surface area contributed by atoms with Gasteiger partial charge in [-0.05, 0) is 29.5 Å². The van der Waals surface area contributed by atoms with Crippen LogP contribution in [0.15, 0.2) is 12.1 Å². The van der Waals surface area contributed by atoms with Crippen molar-refractivity contribution in [3.8, 4) is 11.5 Å². The van der Waals surface area contributed by atoms with Gasteiger partial charge in [0, 0.05) is 6.42 Å². The number of benzene rings is 1. The molecule has 0 saturated heterocycles. The van der Waals surface area contributed by atoms with Gasteiger partial charge < -0.3 is 9.47 Å². The molecule has 0 radical (unpaired) electrons. The van der Waals surface area contributed by atoms with Crippen LogP contribution in [0.4, 0.5) is 0 Å². The Kier molecular flexibility index (Phi) is 4.98. The smallest absolute Gasteiger partial charge is 0.167 e. The zero-order valence-electron chi connectivity index (χ0n) is 12.8. The third-order valence-corrected chi connectivity index (χ3v) is 2.97. The molecule has 0 spiro atoms. The van der Waals surface area contributed by atoms with Gasteiger partial charge in [-0.25, -0.2) is 0 Å². The standard InChI is InChI=1S/C16H24O3/c1-7-11-8-15(19-6)12(9-14(11)18-5)13(17)10-16(2,3)4/h8-9H,7,10H2,1-6H3. The average molecular weight is 264 g/mol.